The summed E-state index contributed by atoms with van der Waals surface area (Å²) in [5.74, 6) is 0.582. The van der Waals surface area contributed by atoms with Gasteiger partial charge in [-0.25, -0.2) is 9.97 Å². The van der Waals surface area contributed by atoms with Gasteiger partial charge in [0.15, 0.2) is 4.96 Å². The van der Waals surface area contributed by atoms with Crippen molar-refractivity contribution in [2.75, 3.05) is 19.1 Å². The van der Waals surface area contributed by atoms with Crippen molar-refractivity contribution in [1.82, 2.24) is 14.4 Å². The molecule has 1 amide bonds. The van der Waals surface area contributed by atoms with E-state index in [1.807, 2.05) is 19.2 Å². The molecule has 3 aromatic rings. The number of carbonyl (C=O) groups excluding carboxylic acids is 1. The summed E-state index contributed by atoms with van der Waals surface area (Å²) >= 11 is 1.60. The zero-order valence-electron chi connectivity index (χ0n) is 13.3. The fourth-order valence-electron chi connectivity index (χ4n) is 2.36. The summed E-state index contributed by atoms with van der Waals surface area (Å²) in [4.78, 5) is 23.5. The molecule has 0 saturated heterocycles. The van der Waals surface area contributed by atoms with Crippen molar-refractivity contribution in [3.05, 3.63) is 41.3 Å². The van der Waals surface area contributed by atoms with E-state index in [1.54, 1.807) is 42.7 Å². The van der Waals surface area contributed by atoms with Crippen LogP contribution in [-0.4, -0.2) is 34.4 Å². The molecule has 0 N–H and O–H groups in total. The molecule has 0 radical (unpaired) electrons. The molecular weight excluding hydrogens is 312 g/mol. The first-order valence-corrected chi connectivity index (χ1v) is 8.15. The molecule has 0 aromatic carbocycles. The van der Waals surface area contributed by atoms with E-state index >= 15 is 0 Å². The van der Waals surface area contributed by atoms with Gasteiger partial charge in [0.1, 0.15) is 0 Å². The van der Waals surface area contributed by atoms with E-state index < -0.39 is 0 Å². The summed E-state index contributed by atoms with van der Waals surface area (Å²) in [6, 6.07) is 3.57. The second kappa shape index (κ2) is 6.37. The van der Waals surface area contributed by atoms with Crippen molar-refractivity contribution < 1.29 is 9.53 Å². The highest BCUT2D eigenvalue weighted by Gasteiger charge is 2.13. The number of amides is 1. The molecule has 0 saturated carbocycles. The molecule has 0 bridgehead atoms. The van der Waals surface area contributed by atoms with Gasteiger partial charge in [-0.3, -0.25) is 9.20 Å². The standard InChI is InChI=1S/C16H18N4O2S/c1-11-9-20-13(10-23-16(20)18-11)5-7-15(21)19(2)12-4-6-14(22-3)17-8-12/h4,6,8-10H,5,7H2,1-3H3. The Hall–Kier alpha value is -2.41. The maximum atomic E-state index is 12.4. The Bertz CT molecular complexity index is 822. The SMILES string of the molecule is COc1ccc(N(C)C(=O)CCc2csc3nc(C)cn23)cn1. The number of rotatable bonds is 5. The first-order chi connectivity index (χ1) is 11.1. The van der Waals surface area contributed by atoms with Gasteiger partial charge in [0.05, 0.1) is 24.7 Å². The molecule has 3 aromatic heterocycles. The molecule has 3 rings (SSSR count). The molecule has 23 heavy (non-hydrogen) atoms. The zero-order valence-corrected chi connectivity index (χ0v) is 14.1. The highest BCUT2D eigenvalue weighted by molar-refractivity contribution is 7.15. The summed E-state index contributed by atoms with van der Waals surface area (Å²) in [5, 5.41) is 2.06. The predicted molar refractivity (Wildman–Crippen MR) is 90.3 cm³/mol. The third-order valence-corrected chi connectivity index (χ3v) is 4.58. The smallest absolute Gasteiger partial charge is 0.227 e. The third kappa shape index (κ3) is 3.19. The van der Waals surface area contributed by atoms with Gasteiger partial charge >= 0.3 is 0 Å². The van der Waals surface area contributed by atoms with Crippen LogP contribution >= 0.6 is 11.3 Å². The van der Waals surface area contributed by atoms with Gasteiger partial charge in [0.2, 0.25) is 11.8 Å². The molecule has 0 unspecified atom stereocenters. The van der Waals surface area contributed by atoms with Crippen LogP contribution < -0.4 is 9.64 Å². The Morgan fingerprint density at radius 3 is 2.96 bits per heavy atom. The summed E-state index contributed by atoms with van der Waals surface area (Å²) in [5.41, 5.74) is 2.86. The molecule has 0 fully saturated rings. The zero-order chi connectivity index (χ0) is 16.4. The molecule has 120 valence electrons. The van der Waals surface area contributed by atoms with Gasteiger partial charge in [0.25, 0.3) is 0 Å². The molecule has 6 nitrogen and oxygen atoms in total. The number of pyridine rings is 1. The number of aryl methyl sites for hydroxylation is 2. The number of carbonyl (C=O) groups is 1. The molecule has 0 spiro atoms. The largest absolute Gasteiger partial charge is 0.481 e. The number of hydrogen-bond acceptors (Lipinski definition) is 5. The second-order valence-electron chi connectivity index (χ2n) is 5.27. The number of methoxy groups -OCH3 is 1. The molecular formula is C16H18N4O2S. The van der Waals surface area contributed by atoms with Crippen molar-refractivity contribution in [2.24, 2.45) is 0 Å². The van der Waals surface area contributed by atoms with Crippen LogP contribution in [0.2, 0.25) is 0 Å². The number of fused-ring (bicyclic) bond motifs is 1. The van der Waals surface area contributed by atoms with Gasteiger partial charge in [-0.05, 0) is 19.4 Å². The number of hydrogen-bond donors (Lipinski definition) is 0. The minimum Gasteiger partial charge on any atom is -0.481 e. The number of imidazole rings is 1. The normalized spacial score (nSPS) is 10.9. The van der Waals surface area contributed by atoms with Crippen molar-refractivity contribution in [2.45, 2.75) is 19.8 Å². The lowest BCUT2D eigenvalue weighted by Crippen LogP contribution is -2.26. The van der Waals surface area contributed by atoms with E-state index in [-0.39, 0.29) is 5.91 Å². The number of ether oxygens (including phenoxy) is 1. The van der Waals surface area contributed by atoms with Crippen LogP contribution in [0.25, 0.3) is 4.96 Å². The van der Waals surface area contributed by atoms with E-state index in [4.69, 9.17) is 4.74 Å². The van der Waals surface area contributed by atoms with Crippen LogP contribution in [0.15, 0.2) is 29.9 Å². The van der Waals surface area contributed by atoms with Gasteiger partial charge < -0.3 is 9.64 Å². The van der Waals surface area contributed by atoms with Crippen LogP contribution in [0.3, 0.4) is 0 Å². The quantitative estimate of drug-likeness (QED) is 0.722. The lowest BCUT2D eigenvalue weighted by molar-refractivity contribution is -0.118. The highest BCUT2D eigenvalue weighted by atomic mass is 32.1. The maximum absolute atomic E-state index is 12.4. The molecule has 3 heterocycles. The molecule has 0 aliphatic rings. The number of thiazole rings is 1. The van der Waals surface area contributed by atoms with Crippen LogP contribution in [0.4, 0.5) is 5.69 Å². The molecule has 0 aliphatic carbocycles. The Labute approximate surface area is 138 Å². The molecule has 0 aliphatic heterocycles. The Balaban J connectivity index is 1.66. The Morgan fingerprint density at radius 2 is 2.26 bits per heavy atom. The summed E-state index contributed by atoms with van der Waals surface area (Å²) in [6.45, 7) is 1.97. The lowest BCUT2D eigenvalue weighted by atomic mass is 10.2. The average Bonchev–Trinajstić information content (AvgIpc) is 3.11. The van der Waals surface area contributed by atoms with E-state index in [1.165, 1.54) is 0 Å². The first-order valence-electron chi connectivity index (χ1n) is 7.27. The Morgan fingerprint density at radius 1 is 1.43 bits per heavy atom. The monoisotopic (exact) mass is 330 g/mol. The van der Waals surface area contributed by atoms with Crippen LogP contribution in [0, 0.1) is 6.92 Å². The number of anilines is 1. The molecule has 7 heteroatoms. The highest BCUT2D eigenvalue weighted by Crippen LogP contribution is 2.19. The fraction of sp³-hybridized carbons (Fsp3) is 0.312. The maximum Gasteiger partial charge on any atom is 0.227 e. The Kier molecular flexibility index (Phi) is 4.29. The number of nitrogens with zero attached hydrogens (tertiary/aromatic N) is 4. The van der Waals surface area contributed by atoms with Gasteiger partial charge in [-0.1, -0.05) is 0 Å². The van der Waals surface area contributed by atoms with Crippen molar-refractivity contribution in [1.29, 1.82) is 0 Å². The van der Waals surface area contributed by atoms with Gasteiger partial charge in [-0.15, -0.1) is 11.3 Å². The van der Waals surface area contributed by atoms with E-state index in [0.29, 0.717) is 18.7 Å². The van der Waals surface area contributed by atoms with Crippen molar-refractivity contribution in [3.63, 3.8) is 0 Å². The van der Waals surface area contributed by atoms with E-state index in [9.17, 15) is 4.79 Å². The lowest BCUT2D eigenvalue weighted by Gasteiger charge is -2.17. The summed E-state index contributed by atoms with van der Waals surface area (Å²) < 4.78 is 7.08. The third-order valence-electron chi connectivity index (χ3n) is 3.69. The minimum atomic E-state index is 0.0492. The number of aromatic nitrogens is 3. The summed E-state index contributed by atoms with van der Waals surface area (Å²) in [7, 11) is 3.33. The summed E-state index contributed by atoms with van der Waals surface area (Å²) in [6.07, 6.45) is 4.76. The minimum absolute atomic E-state index is 0.0492. The van der Waals surface area contributed by atoms with Crippen molar-refractivity contribution >= 4 is 27.9 Å². The predicted octanol–water partition coefficient (Wildman–Crippen LogP) is 2.70. The average molecular weight is 330 g/mol. The topological polar surface area (TPSA) is 59.7 Å². The van der Waals surface area contributed by atoms with E-state index in [2.05, 4.69) is 19.7 Å². The van der Waals surface area contributed by atoms with Crippen LogP contribution in [0.1, 0.15) is 17.8 Å². The van der Waals surface area contributed by atoms with Crippen molar-refractivity contribution in [3.8, 4) is 5.88 Å². The van der Waals surface area contributed by atoms with Crippen LogP contribution in [-0.2, 0) is 11.2 Å². The van der Waals surface area contributed by atoms with Gasteiger partial charge in [-0.2, -0.15) is 0 Å². The second-order valence-corrected chi connectivity index (χ2v) is 6.11. The van der Waals surface area contributed by atoms with Crippen LogP contribution in [0.5, 0.6) is 5.88 Å². The fourth-order valence-corrected chi connectivity index (χ4v) is 3.31. The first kappa shape index (κ1) is 15.5. The molecule has 0 atom stereocenters. The van der Waals surface area contributed by atoms with Gasteiger partial charge in [0, 0.05) is 36.8 Å². The van der Waals surface area contributed by atoms with E-state index in [0.717, 1.165) is 22.0 Å².